The van der Waals surface area contributed by atoms with Gasteiger partial charge in [0.25, 0.3) is 0 Å². The summed E-state index contributed by atoms with van der Waals surface area (Å²) in [5.41, 5.74) is 12.6. The normalized spacial score (nSPS) is 12.3. The summed E-state index contributed by atoms with van der Waals surface area (Å²) in [5, 5.41) is 13.1. The SMILES string of the molecule is B1c2c(cc3sc4ccccc4c3c2-c2cc3ccccc3cc2Nc2ccc(-c3ccccc3)cc2)-n2c3sc4ccccc4c3c3cccc1c32. The number of rotatable bonds is 4. The number of thiophene rings is 2. The molecule has 0 fully saturated rings. The first-order valence-electron chi connectivity index (χ1n) is 18.1. The van der Waals surface area contributed by atoms with Gasteiger partial charge in [0.2, 0.25) is 0 Å². The van der Waals surface area contributed by atoms with E-state index in [1.807, 2.05) is 22.7 Å². The summed E-state index contributed by atoms with van der Waals surface area (Å²) in [5.74, 6) is 0. The summed E-state index contributed by atoms with van der Waals surface area (Å²) in [6, 6.07) is 60.3. The molecule has 1 aliphatic heterocycles. The first-order valence-corrected chi connectivity index (χ1v) is 19.8. The van der Waals surface area contributed by atoms with E-state index in [1.54, 1.807) is 0 Å². The van der Waals surface area contributed by atoms with Crippen molar-refractivity contribution in [2.24, 2.45) is 0 Å². The number of aromatic nitrogens is 1. The van der Waals surface area contributed by atoms with E-state index >= 15 is 0 Å². The third kappa shape index (κ3) is 4.32. The smallest absolute Gasteiger partial charge is 0.198 e. The van der Waals surface area contributed by atoms with Gasteiger partial charge in [-0.1, -0.05) is 127 Å². The predicted molar refractivity (Wildman–Crippen MR) is 234 cm³/mol. The summed E-state index contributed by atoms with van der Waals surface area (Å²) >= 11 is 3.83. The minimum Gasteiger partial charge on any atom is -0.355 e. The fourth-order valence-electron chi connectivity index (χ4n) is 8.84. The van der Waals surface area contributed by atoms with Gasteiger partial charge in [-0.05, 0) is 75.4 Å². The van der Waals surface area contributed by atoms with Gasteiger partial charge in [0.15, 0.2) is 7.28 Å². The quantitative estimate of drug-likeness (QED) is 0.180. The minimum atomic E-state index is 0.870. The summed E-state index contributed by atoms with van der Waals surface area (Å²) in [7, 11) is 0.870. The molecule has 3 aromatic heterocycles. The zero-order valence-corrected chi connectivity index (χ0v) is 30.2. The van der Waals surface area contributed by atoms with E-state index in [0.29, 0.717) is 0 Å². The molecule has 0 bridgehead atoms. The van der Waals surface area contributed by atoms with Crippen molar-refractivity contribution in [3.05, 3.63) is 164 Å². The number of fused-ring (bicyclic) bond motifs is 11. The molecular weight excluding hydrogens is 679 g/mol. The molecule has 8 aromatic carbocycles. The number of nitrogens with one attached hydrogen (secondary N) is 1. The Bertz CT molecular complexity index is 3280. The van der Waals surface area contributed by atoms with E-state index < -0.39 is 0 Å². The molecule has 12 rings (SSSR count). The Labute approximate surface area is 314 Å². The van der Waals surface area contributed by atoms with Crippen molar-refractivity contribution in [3.8, 4) is 27.9 Å². The van der Waals surface area contributed by atoms with E-state index in [-0.39, 0.29) is 0 Å². The van der Waals surface area contributed by atoms with Gasteiger partial charge in [0.05, 0.1) is 0 Å². The molecule has 0 saturated heterocycles. The maximum Gasteiger partial charge on any atom is 0.198 e. The fourth-order valence-corrected chi connectivity index (χ4v) is 11.2. The molecule has 5 heteroatoms. The molecule has 0 aliphatic carbocycles. The molecule has 246 valence electrons. The molecule has 0 amide bonds. The Morgan fingerprint density at radius 2 is 1.17 bits per heavy atom. The van der Waals surface area contributed by atoms with Crippen molar-refractivity contribution in [3.63, 3.8) is 0 Å². The first-order chi connectivity index (χ1) is 26.3. The maximum absolute atomic E-state index is 3.93. The van der Waals surface area contributed by atoms with Gasteiger partial charge in [0, 0.05) is 69.2 Å². The number of nitrogens with zero attached hydrogens (tertiary/aromatic N) is 1. The van der Waals surface area contributed by atoms with Gasteiger partial charge in [-0.15, -0.1) is 22.7 Å². The van der Waals surface area contributed by atoms with Crippen LogP contribution in [0, 0.1) is 0 Å². The zero-order chi connectivity index (χ0) is 34.6. The number of hydrogen-bond donors (Lipinski definition) is 1. The number of para-hydroxylation sites is 1. The van der Waals surface area contributed by atoms with E-state index in [9.17, 15) is 0 Å². The van der Waals surface area contributed by atoms with Crippen molar-refractivity contribution < 1.29 is 0 Å². The van der Waals surface area contributed by atoms with Crippen molar-refractivity contribution in [2.45, 2.75) is 0 Å². The van der Waals surface area contributed by atoms with Crippen LogP contribution in [0.1, 0.15) is 0 Å². The molecule has 0 atom stereocenters. The standard InChI is InChI=1S/C48H29BN2S2/c1-2-11-28(12-3-1)29-21-23-32(24-22-29)50-38-26-31-14-5-4-13-30(31)25-36(38)45-44-34-16-7-8-19-40(34)52-42(44)27-39-46(45)49-37-18-10-17-35-43-33-15-6-9-20-41(33)53-48(43)51(39)47(35)37/h1-27,49-50H. The van der Waals surface area contributed by atoms with Crippen LogP contribution in [0.4, 0.5) is 11.4 Å². The summed E-state index contributed by atoms with van der Waals surface area (Å²) in [4.78, 5) is 1.33. The lowest BCUT2D eigenvalue weighted by Gasteiger charge is -2.25. The van der Waals surface area contributed by atoms with Gasteiger partial charge in [-0.25, -0.2) is 0 Å². The van der Waals surface area contributed by atoms with Gasteiger partial charge in [0.1, 0.15) is 4.83 Å². The second-order valence-electron chi connectivity index (χ2n) is 14.1. The van der Waals surface area contributed by atoms with Crippen molar-refractivity contribution in [2.75, 3.05) is 5.32 Å². The Hall–Kier alpha value is -6.14. The fraction of sp³-hybridized carbons (Fsp3) is 0. The van der Waals surface area contributed by atoms with Gasteiger partial charge in [-0.3, -0.25) is 0 Å². The number of anilines is 2. The third-order valence-electron chi connectivity index (χ3n) is 11.2. The lowest BCUT2D eigenvalue weighted by Crippen LogP contribution is -2.37. The van der Waals surface area contributed by atoms with Crippen LogP contribution in [-0.2, 0) is 0 Å². The van der Waals surface area contributed by atoms with Crippen LogP contribution in [-0.4, -0.2) is 11.8 Å². The van der Waals surface area contributed by atoms with Crippen LogP contribution < -0.4 is 16.2 Å². The second kappa shape index (κ2) is 11.2. The Kier molecular flexibility index (Phi) is 6.21. The van der Waals surface area contributed by atoms with Crippen molar-refractivity contribution >= 4 is 114 Å². The van der Waals surface area contributed by atoms with Crippen LogP contribution in [0.3, 0.4) is 0 Å². The molecule has 53 heavy (non-hydrogen) atoms. The molecule has 2 nitrogen and oxygen atoms in total. The van der Waals surface area contributed by atoms with Crippen LogP contribution in [0.15, 0.2) is 164 Å². The van der Waals surface area contributed by atoms with Gasteiger partial charge < -0.3 is 9.88 Å². The predicted octanol–water partition coefficient (Wildman–Crippen LogP) is 12.3. The number of hydrogen-bond acceptors (Lipinski definition) is 3. The van der Waals surface area contributed by atoms with Crippen LogP contribution in [0.5, 0.6) is 0 Å². The maximum atomic E-state index is 3.93. The average Bonchev–Trinajstić information content (AvgIpc) is 3.88. The van der Waals surface area contributed by atoms with Gasteiger partial charge in [-0.2, -0.15) is 0 Å². The summed E-state index contributed by atoms with van der Waals surface area (Å²) in [6.07, 6.45) is 0. The molecular formula is C48H29BN2S2. The van der Waals surface area contributed by atoms with Crippen molar-refractivity contribution in [1.29, 1.82) is 0 Å². The molecule has 0 unspecified atom stereocenters. The molecule has 0 saturated carbocycles. The van der Waals surface area contributed by atoms with E-state index in [0.717, 1.165) is 18.7 Å². The van der Waals surface area contributed by atoms with Crippen molar-refractivity contribution in [1.82, 2.24) is 4.57 Å². The number of benzene rings is 8. The lowest BCUT2D eigenvalue weighted by atomic mass is 9.58. The highest BCUT2D eigenvalue weighted by atomic mass is 32.1. The Morgan fingerprint density at radius 3 is 1.98 bits per heavy atom. The largest absolute Gasteiger partial charge is 0.355 e. The molecule has 4 heterocycles. The van der Waals surface area contributed by atoms with Crippen LogP contribution in [0.2, 0.25) is 0 Å². The highest BCUT2D eigenvalue weighted by Crippen LogP contribution is 2.47. The topological polar surface area (TPSA) is 17.0 Å². The van der Waals surface area contributed by atoms with Gasteiger partial charge >= 0.3 is 0 Å². The molecule has 11 aromatic rings. The summed E-state index contributed by atoms with van der Waals surface area (Å²) < 4.78 is 6.58. The Balaban J connectivity index is 1.17. The first kappa shape index (κ1) is 29.4. The van der Waals surface area contributed by atoms with Crippen LogP contribution in [0.25, 0.3) is 90.1 Å². The lowest BCUT2D eigenvalue weighted by molar-refractivity contribution is 1.21. The van der Waals surface area contributed by atoms with E-state index in [1.165, 1.54) is 101 Å². The monoisotopic (exact) mass is 708 g/mol. The molecule has 0 spiro atoms. The zero-order valence-electron chi connectivity index (χ0n) is 28.6. The van der Waals surface area contributed by atoms with Crippen LogP contribution >= 0.6 is 22.7 Å². The second-order valence-corrected chi connectivity index (χ2v) is 16.3. The summed E-state index contributed by atoms with van der Waals surface area (Å²) in [6.45, 7) is 0. The third-order valence-corrected chi connectivity index (χ3v) is 13.5. The van der Waals surface area contributed by atoms with E-state index in [2.05, 4.69) is 174 Å². The minimum absolute atomic E-state index is 0.870. The Morgan fingerprint density at radius 1 is 0.509 bits per heavy atom. The molecule has 1 aliphatic rings. The highest BCUT2D eigenvalue weighted by molar-refractivity contribution is 7.26. The average molecular weight is 709 g/mol. The van der Waals surface area contributed by atoms with E-state index in [4.69, 9.17) is 0 Å². The molecule has 1 N–H and O–H groups in total. The highest BCUT2D eigenvalue weighted by Gasteiger charge is 2.30. The molecule has 0 radical (unpaired) electrons.